The maximum Gasteiger partial charge on any atom is 0.265 e. The fourth-order valence-electron chi connectivity index (χ4n) is 2.86. The average Bonchev–Trinajstić information content (AvgIpc) is 2.54. The summed E-state index contributed by atoms with van der Waals surface area (Å²) in [7, 11) is 0. The molecule has 2 aromatic carbocycles. The number of phenols is 1. The number of carbonyl (C=O) groups is 1. The minimum Gasteiger partial charge on any atom is -0.506 e. The van der Waals surface area contributed by atoms with Crippen LogP contribution in [0.4, 0.5) is 5.69 Å². The molecule has 1 unspecified atom stereocenters. The predicted molar refractivity (Wildman–Crippen MR) is 90.4 cm³/mol. The Bertz CT molecular complexity index is 732. The topological polar surface area (TPSA) is 49.8 Å². The molecule has 2 aromatic rings. The quantitative estimate of drug-likeness (QED) is 0.926. The molecule has 0 radical (unpaired) electrons. The van der Waals surface area contributed by atoms with E-state index in [4.69, 9.17) is 16.3 Å². The van der Waals surface area contributed by atoms with Gasteiger partial charge in [-0.05, 0) is 42.2 Å². The van der Waals surface area contributed by atoms with Crippen molar-refractivity contribution >= 4 is 23.2 Å². The van der Waals surface area contributed by atoms with Gasteiger partial charge in [-0.25, -0.2) is 0 Å². The summed E-state index contributed by atoms with van der Waals surface area (Å²) in [6.45, 7) is 2.58. The zero-order valence-electron chi connectivity index (χ0n) is 12.8. The molecule has 23 heavy (non-hydrogen) atoms. The zero-order valence-corrected chi connectivity index (χ0v) is 13.6. The third kappa shape index (κ3) is 3.27. The Morgan fingerprint density at radius 3 is 2.91 bits per heavy atom. The minimum atomic E-state index is -0.181. The Morgan fingerprint density at radius 2 is 2.13 bits per heavy atom. The van der Waals surface area contributed by atoms with E-state index in [2.05, 4.69) is 6.92 Å². The summed E-state index contributed by atoms with van der Waals surface area (Å²) < 4.78 is 5.53. The van der Waals surface area contributed by atoms with Gasteiger partial charge in [0.1, 0.15) is 11.5 Å². The molecular weight excluding hydrogens is 314 g/mol. The lowest BCUT2D eigenvalue weighted by atomic mass is 9.91. The minimum absolute atomic E-state index is 0.0947. The highest BCUT2D eigenvalue weighted by Crippen LogP contribution is 2.40. The molecule has 5 heteroatoms. The van der Waals surface area contributed by atoms with Crippen molar-refractivity contribution in [1.82, 2.24) is 0 Å². The first-order valence-corrected chi connectivity index (χ1v) is 7.94. The first-order chi connectivity index (χ1) is 11.1. The summed E-state index contributed by atoms with van der Waals surface area (Å²) >= 11 is 5.90. The highest BCUT2D eigenvalue weighted by molar-refractivity contribution is 6.30. The van der Waals surface area contributed by atoms with E-state index >= 15 is 0 Å². The van der Waals surface area contributed by atoms with Crippen LogP contribution in [0.15, 0.2) is 42.5 Å². The molecule has 1 heterocycles. The van der Waals surface area contributed by atoms with Crippen molar-refractivity contribution < 1.29 is 14.6 Å². The smallest absolute Gasteiger partial charge is 0.265 e. The SMILES string of the molecule is CC1CCN(C(=O)COc2cccc(Cl)c2)c2c(O)cccc21. The van der Waals surface area contributed by atoms with Crippen LogP contribution in [0.3, 0.4) is 0 Å². The Hall–Kier alpha value is -2.20. The lowest BCUT2D eigenvalue weighted by Crippen LogP contribution is -2.39. The number of ether oxygens (including phenoxy) is 1. The van der Waals surface area contributed by atoms with Gasteiger partial charge >= 0.3 is 0 Å². The summed E-state index contributed by atoms with van der Waals surface area (Å²) in [4.78, 5) is 14.1. The van der Waals surface area contributed by atoms with Gasteiger partial charge in [0, 0.05) is 11.6 Å². The fourth-order valence-corrected chi connectivity index (χ4v) is 3.04. The molecule has 3 rings (SSSR count). The van der Waals surface area contributed by atoms with Crippen LogP contribution in [-0.2, 0) is 4.79 Å². The van der Waals surface area contributed by atoms with E-state index in [1.807, 2.05) is 6.07 Å². The Morgan fingerprint density at radius 1 is 1.35 bits per heavy atom. The number of hydrogen-bond acceptors (Lipinski definition) is 3. The molecule has 4 nitrogen and oxygen atoms in total. The molecule has 1 N–H and O–H groups in total. The molecule has 0 fully saturated rings. The standard InChI is InChI=1S/C18H18ClNO3/c1-12-8-9-20(18-15(12)6-3-7-16(18)21)17(22)11-23-14-5-2-4-13(19)10-14/h2-7,10,12,21H,8-9,11H2,1H3. The molecule has 0 saturated heterocycles. The maximum absolute atomic E-state index is 12.5. The molecule has 0 bridgehead atoms. The van der Waals surface area contributed by atoms with Crippen LogP contribution in [0.2, 0.25) is 5.02 Å². The average molecular weight is 332 g/mol. The molecule has 1 amide bonds. The second-order valence-electron chi connectivity index (χ2n) is 5.70. The molecule has 0 aliphatic carbocycles. The Labute approximate surface area is 140 Å². The van der Waals surface area contributed by atoms with Gasteiger partial charge in [-0.2, -0.15) is 0 Å². The third-order valence-electron chi connectivity index (χ3n) is 4.09. The van der Waals surface area contributed by atoms with Crippen LogP contribution < -0.4 is 9.64 Å². The number of halogens is 1. The van der Waals surface area contributed by atoms with Crippen molar-refractivity contribution in [2.24, 2.45) is 0 Å². The lowest BCUT2D eigenvalue weighted by Gasteiger charge is -2.33. The van der Waals surface area contributed by atoms with Crippen LogP contribution in [0.25, 0.3) is 0 Å². The Kier molecular flexibility index (Phi) is 4.44. The van der Waals surface area contributed by atoms with E-state index in [1.54, 1.807) is 41.3 Å². The van der Waals surface area contributed by atoms with Gasteiger partial charge < -0.3 is 14.7 Å². The summed E-state index contributed by atoms with van der Waals surface area (Å²) in [5.74, 6) is 0.813. The van der Waals surface area contributed by atoms with Gasteiger partial charge in [-0.1, -0.05) is 36.7 Å². The van der Waals surface area contributed by atoms with Gasteiger partial charge in [-0.15, -0.1) is 0 Å². The highest BCUT2D eigenvalue weighted by Gasteiger charge is 2.29. The lowest BCUT2D eigenvalue weighted by molar-refractivity contribution is -0.120. The van der Waals surface area contributed by atoms with Crippen LogP contribution in [0.5, 0.6) is 11.5 Å². The number of carbonyl (C=O) groups excluding carboxylic acids is 1. The summed E-state index contributed by atoms with van der Waals surface area (Å²) in [5, 5.41) is 10.7. The van der Waals surface area contributed by atoms with Gasteiger partial charge in [0.2, 0.25) is 0 Å². The molecule has 1 aliphatic heterocycles. The normalized spacial score (nSPS) is 16.8. The van der Waals surface area contributed by atoms with E-state index in [1.165, 1.54) is 0 Å². The molecule has 120 valence electrons. The fraction of sp³-hybridized carbons (Fsp3) is 0.278. The second-order valence-corrected chi connectivity index (χ2v) is 6.13. The van der Waals surface area contributed by atoms with Crippen molar-refractivity contribution in [1.29, 1.82) is 0 Å². The van der Waals surface area contributed by atoms with E-state index in [0.29, 0.717) is 28.9 Å². The number of para-hydroxylation sites is 1. The molecule has 0 spiro atoms. The van der Waals surface area contributed by atoms with E-state index in [9.17, 15) is 9.90 Å². The summed E-state index contributed by atoms with van der Waals surface area (Å²) in [6.07, 6.45) is 0.860. The molecular formula is C18H18ClNO3. The van der Waals surface area contributed by atoms with Crippen molar-refractivity contribution in [2.75, 3.05) is 18.1 Å². The third-order valence-corrected chi connectivity index (χ3v) is 4.33. The maximum atomic E-state index is 12.5. The van der Waals surface area contributed by atoms with Gasteiger partial charge in [-0.3, -0.25) is 4.79 Å². The largest absolute Gasteiger partial charge is 0.506 e. The highest BCUT2D eigenvalue weighted by atomic mass is 35.5. The first kappa shape index (κ1) is 15.7. The van der Waals surface area contributed by atoms with Gasteiger partial charge in [0.15, 0.2) is 6.61 Å². The number of anilines is 1. The van der Waals surface area contributed by atoms with Crippen molar-refractivity contribution in [3.8, 4) is 11.5 Å². The summed E-state index contributed by atoms with van der Waals surface area (Å²) in [5.41, 5.74) is 1.60. The van der Waals surface area contributed by atoms with Crippen molar-refractivity contribution in [3.63, 3.8) is 0 Å². The van der Waals surface area contributed by atoms with Crippen LogP contribution >= 0.6 is 11.6 Å². The van der Waals surface area contributed by atoms with Crippen molar-refractivity contribution in [3.05, 3.63) is 53.1 Å². The summed E-state index contributed by atoms with van der Waals surface area (Å²) in [6, 6.07) is 12.3. The van der Waals surface area contributed by atoms with Gasteiger partial charge in [0.25, 0.3) is 5.91 Å². The number of nitrogens with zero attached hydrogens (tertiary/aromatic N) is 1. The Balaban J connectivity index is 1.77. The second kappa shape index (κ2) is 6.50. The van der Waals surface area contributed by atoms with Crippen LogP contribution in [-0.4, -0.2) is 24.2 Å². The predicted octanol–water partition coefficient (Wildman–Crippen LogP) is 3.96. The van der Waals surface area contributed by atoms with Crippen LogP contribution in [0, 0.1) is 0 Å². The van der Waals surface area contributed by atoms with E-state index in [0.717, 1.165) is 12.0 Å². The molecule has 1 atom stereocenters. The zero-order chi connectivity index (χ0) is 16.4. The molecule has 0 saturated carbocycles. The first-order valence-electron chi connectivity index (χ1n) is 7.57. The monoisotopic (exact) mass is 331 g/mol. The van der Waals surface area contributed by atoms with E-state index in [-0.39, 0.29) is 18.3 Å². The number of fused-ring (bicyclic) bond motifs is 1. The van der Waals surface area contributed by atoms with Gasteiger partial charge in [0.05, 0.1) is 5.69 Å². The number of amides is 1. The number of aromatic hydroxyl groups is 1. The van der Waals surface area contributed by atoms with Crippen molar-refractivity contribution in [2.45, 2.75) is 19.3 Å². The number of phenolic OH excluding ortho intramolecular Hbond substituents is 1. The molecule has 1 aliphatic rings. The van der Waals surface area contributed by atoms with Crippen LogP contribution in [0.1, 0.15) is 24.8 Å². The number of hydrogen-bond donors (Lipinski definition) is 1. The number of rotatable bonds is 3. The van der Waals surface area contributed by atoms with E-state index < -0.39 is 0 Å². The number of benzene rings is 2. The molecule has 0 aromatic heterocycles.